The molecule has 0 bridgehead atoms. The van der Waals surface area contributed by atoms with E-state index in [1.807, 2.05) is 0 Å². The normalized spacial score (nSPS) is 18.0. The summed E-state index contributed by atoms with van der Waals surface area (Å²) in [6.07, 6.45) is 7.99. The number of unbranched alkanes of at least 4 members (excludes halogenated alkanes) is 1. The molecule has 0 aromatic rings. The van der Waals surface area contributed by atoms with Gasteiger partial charge in [-0.3, -0.25) is 4.79 Å². The maximum atomic E-state index is 11.8. The van der Waals surface area contributed by atoms with E-state index in [1.165, 1.54) is 19.3 Å². The molecule has 0 saturated heterocycles. The van der Waals surface area contributed by atoms with Crippen molar-refractivity contribution in [2.45, 2.75) is 51.4 Å². The summed E-state index contributed by atoms with van der Waals surface area (Å²) in [5, 5.41) is 14.2. The molecule has 1 aliphatic rings. The second-order valence-electron chi connectivity index (χ2n) is 4.67. The second-order valence-corrected chi connectivity index (χ2v) is 4.67. The Hall–Kier alpha value is -1.26. The number of carbonyl (C=O) groups excluding carboxylic acids is 1. The molecule has 1 rings (SSSR count). The number of oxime groups is 1. The lowest BCUT2D eigenvalue weighted by Crippen LogP contribution is -2.32. The minimum absolute atomic E-state index is 0.202. The molecule has 5 nitrogen and oxygen atoms in total. The number of carbonyl (C=O) groups is 1. The van der Waals surface area contributed by atoms with Gasteiger partial charge in [0.05, 0.1) is 0 Å². The van der Waals surface area contributed by atoms with Gasteiger partial charge in [0.2, 0.25) is 5.91 Å². The van der Waals surface area contributed by atoms with Crippen LogP contribution in [0, 0.1) is 5.92 Å². The molecule has 1 fully saturated rings. The van der Waals surface area contributed by atoms with Crippen LogP contribution in [0.2, 0.25) is 0 Å². The van der Waals surface area contributed by atoms with Crippen LogP contribution in [-0.2, 0) is 4.79 Å². The highest BCUT2D eigenvalue weighted by molar-refractivity contribution is 5.79. The zero-order valence-corrected chi connectivity index (χ0v) is 10.3. The standard InChI is InChI=1S/C12H23N3O2/c13-11(15-17)8-4-5-9-14-12(16)10-6-2-1-3-7-10/h10,17H,1-9H2,(H2,13,15)(H,14,16). The van der Waals surface area contributed by atoms with Gasteiger partial charge in [-0.25, -0.2) is 0 Å². The Morgan fingerprint density at radius 1 is 1.29 bits per heavy atom. The first-order valence-corrected chi connectivity index (χ1v) is 6.48. The summed E-state index contributed by atoms with van der Waals surface area (Å²) in [6.45, 7) is 0.689. The van der Waals surface area contributed by atoms with Crippen LogP contribution < -0.4 is 11.1 Å². The fourth-order valence-corrected chi connectivity index (χ4v) is 2.20. The molecule has 0 aromatic heterocycles. The van der Waals surface area contributed by atoms with Crippen molar-refractivity contribution >= 4 is 11.7 Å². The van der Waals surface area contributed by atoms with Crippen LogP contribution in [0.4, 0.5) is 0 Å². The highest BCUT2D eigenvalue weighted by Gasteiger charge is 2.20. The quantitative estimate of drug-likeness (QED) is 0.217. The molecule has 0 aromatic carbocycles. The Kier molecular flexibility index (Phi) is 6.43. The third kappa shape index (κ3) is 5.56. The molecule has 17 heavy (non-hydrogen) atoms. The highest BCUT2D eigenvalue weighted by atomic mass is 16.4. The molecule has 98 valence electrons. The molecular formula is C12H23N3O2. The van der Waals surface area contributed by atoms with Gasteiger partial charge in [-0.2, -0.15) is 0 Å². The summed E-state index contributed by atoms with van der Waals surface area (Å²) < 4.78 is 0. The van der Waals surface area contributed by atoms with E-state index >= 15 is 0 Å². The fraction of sp³-hybridized carbons (Fsp3) is 0.833. The number of nitrogens with two attached hydrogens (primary N) is 1. The molecule has 1 aliphatic carbocycles. The summed E-state index contributed by atoms with van der Waals surface area (Å²) in [4.78, 5) is 11.8. The number of amides is 1. The van der Waals surface area contributed by atoms with Crippen LogP contribution in [0.25, 0.3) is 0 Å². The number of rotatable bonds is 6. The van der Waals surface area contributed by atoms with Crippen molar-refractivity contribution in [2.24, 2.45) is 16.8 Å². The molecule has 4 N–H and O–H groups in total. The zero-order valence-electron chi connectivity index (χ0n) is 10.3. The van der Waals surface area contributed by atoms with E-state index in [1.54, 1.807) is 0 Å². The molecular weight excluding hydrogens is 218 g/mol. The van der Waals surface area contributed by atoms with Gasteiger partial charge in [-0.15, -0.1) is 0 Å². The monoisotopic (exact) mass is 241 g/mol. The summed E-state index contributed by atoms with van der Waals surface area (Å²) in [5.74, 6) is 0.685. The molecule has 0 heterocycles. The Morgan fingerprint density at radius 3 is 2.65 bits per heavy atom. The summed E-state index contributed by atoms with van der Waals surface area (Å²) in [6, 6.07) is 0. The van der Waals surface area contributed by atoms with Crippen molar-refractivity contribution in [3.05, 3.63) is 0 Å². The molecule has 5 heteroatoms. The zero-order chi connectivity index (χ0) is 12.5. The third-order valence-electron chi connectivity index (χ3n) is 3.26. The predicted octanol–water partition coefficient (Wildman–Crippen LogP) is 1.60. The van der Waals surface area contributed by atoms with Gasteiger partial charge in [0.15, 0.2) is 0 Å². The van der Waals surface area contributed by atoms with Gasteiger partial charge in [-0.05, 0) is 25.7 Å². The maximum absolute atomic E-state index is 11.8. The number of amidine groups is 1. The van der Waals surface area contributed by atoms with E-state index in [2.05, 4.69) is 10.5 Å². The molecule has 0 atom stereocenters. The lowest BCUT2D eigenvalue weighted by molar-refractivity contribution is -0.125. The van der Waals surface area contributed by atoms with Crippen LogP contribution in [0.1, 0.15) is 51.4 Å². The van der Waals surface area contributed by atoms with Crippen molar-refractivity contribution in [2.75, 3.05) is 6.54 Å². The van der Waals surface area contributed by atoms with Crippen LogP contribution in [0.15, 0.2) is 5.16 Å². The topological polar surface area (TPSA) is 87.7 Å². The number of nitrogens with one attached hydrogen (secondary N) is 1. The van der Waals surface area contributed by atoms with E-state index in [0.29, 0.717) is 13.0 Å². The van der Waals surface area contributed by atoms with Gasteiger partial charge in [-0.1, -0.05) is 24.4 Å². The fourth-order valence-electron chi connectivity index (χ4n) is 2.20. The Morgan fingerprint density at radius 2 is 2.00 bits per heavy atom. The van der Waals surface area contributed by atoms with Gasteiger partial charge in [0.1, 0.15) is 5.84 Å². The minimum atomic E-state index is 0.202. The van der Waals surface area contributed by atoms with E-state index in [0.717, 1.165) is 25.7 Å². The van der Waals surface area contributed by atoms with Gasteiger partial charge < -0.3 is 16.3 Å². The molecule has 0 radical (unpaired) electrons. The average molecular weight is 241 g/mol. The Labute approximate surface area is 102 Å². The van der Waals surface area contributed by atoms with Crippen LogP contribution in [-0.4, -0.2) is 23.5 Å². The van der Waals surface area contributed by atoms with Crippen molar-refractivity contribution in [1.29, 1.82) is 0 Å². The Balaban J connectivity index is 2.03. The SMILES string of the molecule is NC(CCCCNC(=O)C1CCCCC1)=NO. The average Bonchev–Trinajstić information content (AvgIpc) is 2.38. The van der Waals surface area contributed by atoms with Crippen LogP contribution in [0.3, 0.4) is 0 Å². The lowest BCUT2D eigenvalue weighted by atomic mass is 9.89. The number of hydrogen-bond acceptors (Lipinski definition) is 3. The minimum Gasteiger partial charge on any atom is -0.409 e. The van der Waals surface area contributed by atoms with Gasteiger partial charge in [0, 0.05) is 18.9 Å². The first-order valence-electron chi connectivity index (χ1n) is 6.48. The number of hydrogen-bond donors (Lipinski definition) is 3. The lowest BCUT2D eigenvalue weighted by Gasteiger charge is -2.20. The van der Waals surface area contributed by atoms with Gasteiger partial charge >= 0.3 is 0 Å². The molecule has 0 spiro atoms. The molecule has 0 aliphatic heterocycles. The smallest absolute Gasteiger partial charge is 0.223 e. The van der Waals surface area contributed by atoms with Crippen molar-refractivity contribution in [1.82, 2.24) is 5.32 Å². The largest absolute Gasteiger partial charge is 0.409 e. The first-order chi connectivity index (χ1) is 8.24. The second kappa shape index (κ2) is 7.92. The van der Waals surface area contributed by atoms with Crippen molar-refractivity contribution < 1.29 is 10.0 Å². The summed E-state index contributed by atoms with van der Waals surface area (Å²) in [5.41, 5.74) is 5.34. The summed E-state index contributed by atoms with van der Waals surface area (Å²) in [7, 11) is 0. The van der Waals surface area contributed by atoms with Gasteiger partial charge in [0.25, 0.3) is 0 Å². The van der Waals surface area contributed by atoms with E-state index < -0.39 is 0 Å². The summed E-state index contributed by atoms with van der Waals surface area (Å²) >= 11 is 0. The van der Waals surface area contributed by atoms with E-state index in [4.69, 9.17) is 10.9 Å². The number of nitrogens with zero attached hydrogens (tertiary/aromatic N) is 1. The van der Waals surface area contributed by atoms with E-state index in [9.17, 15) is 4.79 Å². The highest BCUT2D eigenvalue weighted by Crippen LogP contribution is 2.23. The van der Waals surface area contributed by atoms with Crippen LogP contribution >= 0.6 is 0 Å². The molecule has 1 amide bonds. The van der Waals surface area contributed by atoms with Crippen molar-refractivity contribution in [3.8, 4) is 0 Å². The third-order valence-corrected chi connectivity index (χ3v) is 3.26. The first kappa shape index (κ1) is 13.8. The van der Waals surface area contributed by atoms with E-state index in [-0.39, 0.29) is 17.7 Å². The Bertz CT molecular complexity index is 260. The molecule has 0 unspecified atom stereocenters. The van der Waals surface area contributed by atoms with Crippen molar-refractivity contribution in [3.63, 3.8) is 0 Å². The van der Waals surface area contributed by atoms with Crippen LogP contribution in [0.5, 0.6) is 0 Å². The molecule has 1 saturated carbocycles. The maximum Gasteiger partial charge on any atom is 0.223 e. The predicted molar refractivity (Wildman–Crippen MR) is 66.8 cm³/mol.